The number of hydrogen-bond donors (Lipinski definition) is 0. The lowest BCUT2D eigenvalue weighted by molar-refractivity contribution is 0.591. The molecular weight excluding hydrogens is 306 g/mol. The maximum absolute atomic E-state index is 12.6. The molecule has 1 aliphatic heterocycles. The zero-order chi connectivity index (χ0) is 15.2. The highest BCUT2D eigenvalue weighted by molar-refractivity contribution is 7.91. The van der Waals surface area contributed by atoms with Gasteiger partial charge in [0, 0.05) is 11.4 Å². The lowest BCUT2D eigenvalue weighted by atomic mass is 9.97. The first-order chi connectivity index (χ1) is 9.93. The van der Waals surface area contributed by atoms with E-state index in [1.807, 2.05) is 6.07 Å². The Bertz CT molecular complexity index is 882. The van der Waals surface area contributed by atoms with E-state index in [0.717, 1.165) is 11.1 Å². The standard InChI is InChI=1S/C16H12ClNO2S/c1-10(9-18)11-2-4-15-12(6-11)7-13-8-14(17)3-5-16(13)21(15,19)20/h2-6,8,10H,7H2,1H3. The number of sulfone groups is 1. The van der Waals surface area contributed by atoms with Crippen LogP contribution in [0.5, 0.6) is 0 Å². The zero-order valence-corrected chi connectivity index (χ0v) is 12.9. The SMILES string of the molecule is CC(C#N)c1ccc2c(c1)Cc1cc(Cl)ccc1S2(=O)=O. The molecule has 1 unspecified atom stereocenters. The highest BCUT2D eigenvalue weighted by Gasteiger charge is 2.29. The summed E-state index contributed by atoms with van der Waals surface area (Å²) in [7, 11) is -3.51. The molecule has 21 heavy (non-hydrogen) atoms. The average Bonchev–Trinajstić information content (AvgIpc) is 2.45. The van der Waals surface area contributed by atoms with E-state index in [1.54, 1.807) is 37.3 Å². The molecule has 3 rings (SSSR count). The van der Waals surface area contributed by atoms with Crippen LogP contribution in [0.15, 0.2) is 46.2 Å². The van der Waals surface area contributed by atoms with Crippen molar-refractivity contribution in [1.29, 1.82) is 5.26 Å². The molecule has 0 aliphatic carbocycles. The molecule has 0 amide bonds. The topological polar surface area (TPSA) is 57.9 Å². The minimum Gasteiger partial charge on any atom is -0.218 e. The van der Waals surface area contributed by atoms with Crippen LogP contribution in [0, 0.1) is 11.3 Å². The second kappa shape index (κ2) is 4.87. The van der Waals surface area contributed by atoms with Crippen molar-refractivity contribution in [2.75, 3.05) is 0 Å². The summed E-state index contributed by atoms with van der Waals surface area (Å²) in [4.78, 5) is 0.645. The van der Waals surface area contributed by atoms with Crippen LogP contribution in [0.1, 0.15) is 29.5 Å². The Hall–Kier alpha value is -1.83. The molecule has 2 aromatic rings. The Morgan fingerprint density at radius 1 is 1.14 bits per heavy atom. The molecule has 0 fully saturated rings. The van der Waals surface area contributed by atoms with Gasteiger partial charge in [-0.05, 0) is 47.9 Å². The van der Waals surface area contributed by atoms with Gasteiger partial charge in [0.05, 0.1) is 21.8 Å². The summed E-state index contributed by atoms with van der Waals surface area (Å²) in [6, 6.07) is 12.1. The Labute approximate surface area is 128 Å². The third-order valence-electron chi connectivity index (χ3n) is 3.76. The van der Waals surface area contributed by atoms with Crippen LogP contribution < -0.4 is 0 Å². The van der Waals surface area contributed by atoms with E-state index in [-0.39, 0.29) is 5.92 Å². The van der Waals surface area contributed by atoms with Crippen molar-refractivity contribution >= 4 is 21.4 Å². The molecule has 1 aliphatic rings. The summed E-state index contributed by atoms with van der Waals surface area (Å²) in [5, 5.41) is 9.53. The molecule has 0 aromatic heterocycles. The van der Waals surface area contributed by atoms with Crippen LogP contribution in [0.25, 0.3) is 0 Å². The molecule has 0 bridgehead atoms. The molecular formula is C16H12ClNO2S. The molecule has 0 spiro atoms. The van der Waals surface area contributed by atoms with Gasteiger partial charge in [-0.25, -0.2) is 8.42 Å². The van der Waals surface area contributed by atoms with Gasteiger partial charge in [0.2, 0.25) is 9.84 Å². The molecule has 1 heterocycles. The number of nitrogens with zero attached hydrogens (tertiary/aromatic N) is 1. The first kappa shape index (κ1) is 14.1. The molecule has 1 atom stereocenters. The van der Waals surface area contributed by atoms with E-state index < -0.39 is 9.84 Å². The van der Waals surface area contributed by atoms with E-state index in [4.69, 9.17) is 16.9 Å². The summed E-state index contributed by atoms with van der Waals surface area (Å²) in [5.41, 5.74) is 2.26. The van der Waals surface area contributed by atoms with Crippen molar-refractivity contribution in [2.45, 2.75) is 29.1 Å². The van der Waals surface area contributed by atoms with Crippen molar-refractivity contribution < 1.29 is 8.42 Å². The number of nitriles is 1. The van der Waals surface area contributed by atoms with E-state index in [2.05, 4.69) is 6.07 Å². The summed E-state index contributed by atoms with van der Waals surface area (Å²) in [6.45, 7) is 1.80. The van der Waals surface area contributed by atoms with Gasteiger partial charge in [-0.3, -0.25) is 0 Å². The van der Waals surface area contributed by atoms with Gasteiger partial charge in [-0.1, -0.05) is 23.7 Å². The van der Waals surface area contributed by atoms with Crippen LogP contribution in [-0.2, 0) is 16.3 Å². The Morgan fingerprint density at radius 3 is 2.43 bits per heavy atom. The van der Waals surface area contributed by atoms with Gasteiger partial charge in [0.25, 0.3) is 0 Å². The molecule has 0 saturated heterocycles. The van der Waals surface area contributed by atoms with Crippen LogP contribution in [0.4, 0.5) is 0 Å². The quantitative estimate of drug-likeness (QED) is 0.687. The predicted octanol–water partition coefficient (Wildman–Crippen LogP) is 3.70. The van der Waals surface area contributed by atoms with Crippen LogP contribution in [-0.4, -0.2) is 8.42 Å². The van der Waals surface area contributed by atoms with E-state index in [1.165, 1.54) is 0 Å². The van der Waals surface area contributed by atoms with Gasteiger partial charge < -0.3 is 0 Å². The smallest absolute Gasteiger partial charge is 0.207 e. The van der Waals surface area contributed by atoms with Gasteiger partial charge in [0.15, 0.2) is 0 Å². The second-order valence-corrected chi connectivity index (χ2v) is 7.47. The number of rotatable bonds is 1. The van der Waals surface area contributed by atoms with Crippen molar-refractivity contribution in [2.24, 2.45) is 0 Å². The predicted molar refractivity (Wildman–Crippen MR) is 80.2 cm³/mol. The fourth-order valence-electron chi connectivity index (χ4n) is 2.62. The zero-order valence-electron chi connectivity index (χ0n) is 11.3. The number of fused-ring (bicyclic) bond motifs is 2. The molecule has 0 N–H and O–H groups in total. The minimum absolute atomic E-state index is 0.265. The molecule has 0 radical (unpaired) electrons. The molecule has 106 valence electrons. The first-order valence-electron chi connectivity index (χ1n) is 6.49. The van der Waals surface area contributed by atoms with E-state index in [9.17, 15) is 8.42 Å². The average molecular weight is 318 g/mol. The normalized spacial score (nSPS) is 16.4. The van der Waals surface area contributed by atoms with E-state index in [0.29, 0.717) is 26.8 Å². The number of halogens is 1. The Balaban J connectivity index is 2.22. The number of hydrogen-bond acceptors (Lipinski definition) is 3. The summed E-state index contributed by atoms with van der Waals surface area (Å²) in [5.74, 6) is -0.265. The van der Waals surface area contributed by atoms with Crippen molar-refractivity contribution in [1.82, 2.24) is 0 Å². The highest BCUT2D eigenvalue weighted by atomic mass is 35.5. The summed E-state index contributed by atoms with van der Waals surface area (Å²) < 4.78 is 25.3. The second-order valence-electron chi connectivity index (χ2n) is 5.15. The Kier molecular flexibility index (Phi) is 3.27. The highest BCUT2D eigenvalue weighted by Crippen LogP contribution is 2.36. The maximum Gasteiger partial charge on any atom is 0.207 e. The molecule has 2 aromatic carbocycles. The van der Waals surface area contributed by atoms with Crippen LogP contribution >= 0.6 is 11.6 Å². The van der Waals surface area contributed by atoms with Gasteiger partial charge >= 0.3 is 0 Å². The maximum atomic E-state index is 12.6. The fraction of sp³-hybridized carbons (Fsp3) is 0.188. The Morgan fingerprint density at radius 2 is 1.76 bits per heavy atom. The van der Waals surface area contributed by atoms with Crippen molar-refractivity contribution in [3.63, 3.8) is 0 Å². The van der Waals surface area contributed by atoms with Crippen LogP contribution in [0.3, 0.4) is 0 Å². The minimum atomic E-state index is -3.51. The molecule has 0 saturated carbocycles. The molecule has 5 heteroatoms. The third-order valence-corrected chi connectivity index (χ3v) is 5.95. The van der Waals surface area contributed by atoms with Gasteiger partial charge in [-0.2, -0.15) is 5.26 Å². The van der Waals surface area contributed by atoms with Crippen molar-refractivity contribution in [3.05, 3.63) is 58.1 Å². The van der Waals surface area contributed by atoms with E-state index >= 15 is 0 Å². The summed E-state index contributed by atoms with van der Waals surface area (Å²) in [6.07, 6.45) is 0.510. The fourth-order valence-corrected chi connectivity index (χ4v) is 4.49. The van der Waals surface area contributed by atoms with Crippen molar-refractivity contribution in [3.8, 4) is 6.07 Å². The largest absolute Gasteiger partial charge is 0.218 e. The van der Waals surface area contributed by atoms with Gasteiger partial charge in [-0.15, -0.1) is 0 Å². The first-order valence-corrected chi connectivity index (χ1v) is 8.35. The monoisotopic (exact) mass is 317 g/mol. The molecule has 3 nitrogen and oxygen atoms in total. The third kappa shape index (κ3) is 2.23. The van der Waals surface area contributed by atoms with Gasteiger partial charge in [0.1, 0.15) is 0 Å². The number of benzene rings is 2. The van der Waals surface area contributed by atoms with Crippen LogP contribution in [0.2, 0.25) is 5.02 Å². The summed E-state index contributed by atoms with van der Waals surface area (Å²) >= 11 is 5.96. The lowest BCUT2D eigenvalue weighted by Crippen LogP contribution is -2.15. The lowest BCUT2D eigenvalue weighted by Gasteiger charge is -2.21.